The number of anilines is 1. The topological polar surface area (TPSA) is 66.8 Å². The van der Waals surface area contributed by atoms with Crippen LogP contribution < -0.4 is 9.64 Å². The lowest BCUT2D eigenvalue weighted by Gasteiger charge is -2.43. The minimum absolute atomic E-state index is 0.336. The second-order valence-corrected chi connectivity index (χ2v) is 5.54. The van der Waals surface area contributed by atoms with E-state index in [4.69, 9.17) is 16.3 Å². The number of ether oxygens (including phenoxy) is 1. The molecule has 0 radical (unpaired) electrons. The fraction of sp³-hybridized carbons (Fsp3) is 0.467. The first-order valence-corrected chi connectivity index (χ1v) is 7.29. The van der Waals surface area contributed by atoms with Crippen molar-refractivity contribution < 1.29 is 19.4 Å². The summed E-state index contributed by atoms with van der Waals surface area (Å²) in [6.07, 6.45) is 0.931. The van der Waals surface area contributed by atoms with Crippen LogP contribution in [0.2, 0.25) is 5.02 Å². The predicted molar refractivity (Wildman–Crippen MR) is 80.0 cm³/mol. The number of carboxylic acid groups (broad SMARTS) is 1. The number of fused-ring (bicyclic) bond motifs is 1. The highest BCUT2D eigenvalue weighted by Crippen LogP contribution is 2.42. The summed E-state index contributed by atoms with van der Waals surface area (Å²) in [5.74, 6) is -0.926. The molecule has 5 nitrogen and oxygen atoms in total. The molecule has 114 valence electrons. The van der Waals surface area contributed by atoms with Gasteiger partial charge in [0.2, 0.25) is 0 Å². The van der Waals surface area contributed by atoms with E-state index in [1.807, 2.05) is 13.8 Å². The predicted octanol–water partition coefficient (Wildman–Crippen LogP) is 3.10. The summed E-state index contributed by atoms with van der Waals surface area (Å²) in [5, 5.41) is 9.72. The number of hydrogen-bond acceptors (Lipinski definition) is 3. The van der Waals surface area contributed by atoms with Gasteiger partial charge < -0.3 is 9.84 Å². The van der Waals surface area contributed by atoms with Gasteiger partial charge in [-0.2, -0.15) is 0 Å². The van der Waals surface area contributed by atoms with Gasteiger partial charge in [-0.25, -0.2) is 4.79 Å². The van der Waals surface area contributed by atoms with Crippen molar-refractivity contribution in [3.8, 4) is 5.75 Å². The summed E-state index contributed by atoms with van der Waals surface area (Å²) in [4.78, 5) is 25.5. The van der Waals surface area contributed by atoms with Gasteiger partial charge in [-0.05, 0) is 38.0 Å². The molecule has 2 rings (SSSR count). The van der Waals surface area contributed by atoms with Crippen LogP contribution in [0.1, 0.15) is 33.6 Å². The summed E-state index contributed by atoms with van der Waals surface area (Å²) in [6, 6.07) is 3.90. The van der Waals surface area contributed by atoms with Gasteiger partial charge in [0.1, 0.15) is 11.8 Å². The minimum Gasteiger partial charge on any atom is -0.480 e. The lowest BCUT2D eigenvalue weighted by molar-refractivity contribution is -0.144. The molecule has 6 heteroatoms. The van der Waals surface area contributed by atoms with Crippen molar-refractivity contribution in [1.82, 2.24) is 0 Å². The molecule has 21 heavy (non-hydrogen) atoms. The van der Waals surface area contributed by atoms with Gasteiger partial charge in [0.15, 0.2) is 5.60 Å². The van der Waals surface area contributed by atoms with Gasteiger partial charge in [-0.3, -0.25) is 9.69 Å². The van der Waals surface area contributed by atoms with Crippen LogP contribution in [0.15, 0.2) is 18.2 Å². The van der Waals surface area contributed by atoms with E-state index in [0.717, 1.165) is 0 Å². The second-order valence-electron chi connectivity index (χ2n) is 5.10. The summed E-state index contributed by atoms with van der Waals surface area (Å²) in [6.45, 7) is 5.18. The van der Waals surface area contributed by atoms with Crippen LogP contribution in [0.5, 0.6) is 5.75 Å². The number of carbonyl (C=O) groups is 2. The van der Waals surface area contributed by atoms with Crippen LogP contribution in [0.3, 0.4) is 0 Å². The fourth-order valence-electron chi connectivity index (χ4n) is 2.54. The molecule has 0 saturated carbocycles. The standard InChI is InChI=1S/C15H18ClNO4/c1-4-15(5-2)14(20)17(9(3)13(18)19)11-8-10(16)6-7-12(11)21-15/h6-9H,4-5H2,1-3H3,(H,18,19). The Morgan fingerprint density at radius 1 is 1.43 bits per heavy atom. The van der Waals surface area contributed by atoms with Crippen LogP contribution in [0, 0.1) is 0 Å². The number of carbonyl (C=O) groups excluding carboxylic acids is 1. The van der Waals surface area contributed by atoms with Gasteiger partial charge in [0.05, 0.1) is 5.69 Å². The number of aliphatic carboxylic acids is 1. The zero-order chi connectivity index (χ0) is 15.8. The molecule has 1 aromatic rings. The van der Waals surface area contributed by atoms with Crippen molar-refractivity contribution in [1.29, 1.82) is 0 Å². The van der Waals surface area contributed by atoms with E-state index in [1.54, 1.807) is 18.2 Å². The highest BCUT2D eigenvalue weighted by atomic mass is 35.5. The van der Waals surface area contributed by atoms with E-state index in [-0.39, 0.29) is 5.91 Å². The first-order valence-electron chi connectivity index (χ1n) is 6.91. The van der Waals surface area contributed by atoms with E-state index in [0.29, 0.717) is 29.3 Å². The normalized spacial score (nSPS) is 17.9. The molecular weight excluding hydrogens is 294 g/mol. The second kappa shape index (κ2) is 5.56. The summed E-state index contributed by atoms with van der Waals surface area (Å²) >= 11 is 5.97. The first kappa shape index (κ1) is 15.6. The molecule has 1 unspecified atom stereocenters. The van der Waals surface area contributed by atoms with E-state index >= 15 is 0 Å². The van der Waals surface area contributed by atoms with Gasteiger partial charge in [0, 0.05) is 5.02 Å². The molecular formula is C15H18ClNO4. The molecule has 1 amide bonds. The number of benzene rings is 1. The molecule has 0 aliphatic carbocycles. The largest absolute Gasteiger partial charge is 0.480 e. The van der Waals surface area contributed by atoms with E-state index in [1.165, 1.54) is 11.8 Å². The third-order valence-corrected chi connectivity index (χ3v) is 4.22. The average Bonchev–Trinajstić information content (AvgIpc) is 2.46. The number of halogens is 1. The Labute approximate surface area is 128 Å². The highest BCUT2D eigenvalue weighted by molar-refractivity contribution is 6.31. The molecule has 1 heterocycles. The Morgan fingerprint density at radius 2 is 2.05 bits per heavy atom. The van der Waals surface area contributed by atoms with E-state index in [2.05, 4.69) is 0 Å². The Balaban J connectivity index is 2.63. The maximum atomic E-state index is 12.8. The number of hydrogen-bond donors (Lipinski definition) is 1. The Bertz CT molecular complexity index is 583. The van der Waals surface area contributed by atoms with Crippen LogP contribution >= 0.6 is 11.6 Å². The van der Waals surface area contributed by atoms with Crippen molar-refractivity contribution >= 4 is 29.2 Å². The third kappa shape index (κ3) is 2.46. The molecule has 0 saturated heterocycles. The summed E-state index contributed by atoms with van der Waals surface area (Å²) in [5.41, 5.74) is -0.621. The van der Waals surface area contributed by atoms with Crippen LogP contribution in [0.4, 0.5) is 5.69 Å². The monoisotopic (exact) mass is 311 g/mol. The number of amides is 1. The minimum atomic E-state index is -1.07. The molecule has 0 spiro atoms. The van der Waals surface area contributed by atoms with Crippen LogP contribution in [-0.4, -0.2) is 28.6 Å². The SMILES string of the molecule is CCC1(CC)Oc2ccc(Cl)cc2N(C(C)C(=O)O)C1=O. The highest BCUT2D eigenvalue weighted by Gasteiger charge is 2.48. The fourth-order valence-corrected chi connectivity index (χ4v) is 2.71. The molecule has 1 aliphatic rings. The summed E-state index contributed by atoms with van der Waals surface area (Å²) < 4.78 is 5.90. The number of carboxylic acids is 1. The zero-order valence-corrected chi connectivity index (χ0v) is 13.0. The van der Waals surface area contributed by atoms with Crippen molar-refractivity contribution in [3.05, 3.63) is 23.2 Å². The van der Waals surface area contributed by atoms with Gasteiger partial charge >= 0.3 is 5.97 Å². The zero-order valence-electron chi connectivity index (χ0n) is 12.2. The molecule has 1 aliphatic heterocycles. The first-order chi connectivity index (χ1) is 9.86. The molecule has 0 fully saturated rings. The molecule has 0 bridgehead atoms. The third-order valence-electron chi connectivity index (χ3n) is 3.98. The lowest BCUT2D eigenvalue weighted by atomic mass is 9.92. The smallest absolute Gasteiger partial charge is 0.326 e. The van der Waals surface area contributed by atoms with Gasteiger partial charge in [-0.1, -0.05) is 25.4 Å². The van der Waals surface area contributed by atoms with E-state index in [9.17, 15) is 14.7 Å². The van der Waals surface area contributed by atoms with Crippen LogP contribution in [0.25, 0.3) is 0 Å². The lowest BCUT2D eigenvalue weighted by Crippen LogP contribution is -2.59. The molecule has 1 N–H and O–H groups in total. The Hall–Kier alpha value is -1.75. The van der Waals surface area contributed by atoms with Gasteiger partial charge in [-0.15, -0.1) is 0 Å². The Kier molecular flexibility index (Phi) is 4.14. The molecule has 0 aromatic heterocycles. The van der Waals surface area contributed by atoms with E-state index < -0.39 is 17.6 Å². The van der Waals surface area contributed by atoms with Gasteiger partial charge in [0.25, 0.3) is 5.91 Å². The van der Waals surface area contributed by atoms with Crippen molar-refractivity contribution in [2.75, 3.05) is 4.90 Å². The summed E-state index contributed by atoms with van der Waals surface area (Å²) in [7, 11) is 0. The maximum absolute atomic E-state index is 12.8. The Morgan fingerprint density at radius 3 is 2.57 bits per heavy atom. The van der Waals surface area contributed by atoms with Crippen molar-refractivity contribution in [2.24, 2.45) is 0 Å². The maximum Gasteiger partial charge on any atom is 0.326 e. The van der Waals surface area contributed by atoms with Crippen molar-refractivity contribution in [2.45, 2.75) is 45.3 Å². The van der Waals surface area contributed by atoms with Crippen LogP contribution in [-0.2, 0) is 9.59 Å². The molecule has 1 aromatic carbocycles. The number of rotatable bonds is 4. The number of nitrogens with zero attached hydrogens (tertiary/aromatic N) is 1. The van der Waals surface area contributed by atoms with Crippen molar-refractivity contribution in [3.63, 3.8) is 0 Å². The quantitative estimate of drug-likeness (QED) is 0.928. The molecule has 1 atom stereocenters. The average molecular weight is 312 g/mol.